The van der Waals surface area contributed by atoms with E-state index >= 15 is 0 Å². The first-order valence-electron chi connectivity index (χ1n) is 3.15. The molecule has 3 heteroatoms. The number of halogens is 1. The maximum Gasteiger partial charge on any atom is 0.00411 e. The lowest BCUT2D eigenvalue weighted by Crippen LogP contribution is -2.30. The molecule has 0 saturated carbocycles. The van der Waals surface area contributed by atoms with Crippen LogP contribution in [0.15, 0.2) is 0 Å². The Balaban J connectivity index is 0.000000640. The van der Waals surface area contributed by atoms with Gasteiger partial charge in [-0.1, -0.05) is 0 Å². The first-order chi connectivity index (χ1) is 3.79. The monoisotopic (exact) mass is 167 g/mol. The second-order valence-electron chi connectivity index (χ2n) is 2.53. The molecule has 0 atom stereocenters. The molecule has 0 radical (unpaired) electrons. The number of nitrogens with zero attached hydrogens (tertiary/aromatic N) is 1. The van der Waals surface area contributed by atoms with Gasteiger partial charge in [-0.2, -0.15) is 12.6 Å². The zero-order chi connectivity index (χ0) is 5.98. The zero-order valence-electron chi connectivity index (χ0n) is 5.71. The number of hydrogen-bond donors (Lipinski definition) is 1. The van der Waals surface area contributed by atoms with E-state index in [2.05, 4.69) is 24.6 Å². The normalized spacial score (nSPS) is 23.3. The second-order valence-corrected chi connectivity index (χ2v) is 3.26. The first kappa shape index (κ1) is 9.60. The summed E-state index contributed by atoms with van der Waals surface area (Å²) >= 11 is 4.38. The van der Waals surface area contributed by atoms with Crippen LogP contribution in [0.25, 0.3) is 0 Å². The Kier molecular flexibility index (Phi) is 4.72. The highest BCUT2D eigenvalue weighted by atomic mass is 35.5. The van der Waals surface area contributed by atoms with Crippen LogP contribution in [0.4, 0.5) is 0 Å². The number of piperidine rings is 1. The van der Waals surface area contributed by atoms with Crippen molar-refractivity contribution in [3.05, 3.63) is 0 Å². The summed E-state index contributed by atoms with van der Waals surface area (Å²) in [6, 6.07) is 0. The van der Waals surface area contributed by atoms with Gasteiger partial charge in [0, 0.05) is 5.25 Å². The van der Waals surface area contributed by atoms with E-state index in [9.17, 15) is 0 Å². The molecular formula is C6H14ClNS. The van der Waals surface area contributed by atoms with Gasteiger partial charge in [0.2, 0.25) is 0 Å². The Morgan fingerprint density at radius 3 is 2.11 bits per heavy atom. The van der Waals surface area contributed by atoms with Gasteiger partial charge in [-0.3, -0.25) is 0 Å². The van der Waals surface area contributed by atoms with Crippen LogP contribution in [0.1, 0.15) is 12.8 Å². The summed E-state index contributed by atoms with van der Waals surface area (Å²) in [6.07, 6.45) is 2.53. The molecule has 0 aliphatic carbocycles. The number of thiol groups is 1. The second kappa shape index (κ2) is 4.42. The minimum absolute atomic E-state index is 0. The standard InChI is InChI=1S/C6H13NS.ClH/c1-7-4-2-6(8)3-5-7;/h6,8H,2-5H2,1H3;1H. The van der Waals surface area contributed by atoms with Gasteiger partial charge in [-0.05, 0) is 33.0 Å². The lowest BCUT2D eigenvalue weighted by Gasteiger charge is -2.25. The van der Waals surface area contributed by atoms with Crippen molar-refractivity contribution in [2.75, 3.05) is 20.1 Å². The number of rotatable bonds is 0. The third kappa shape index (κ3) is 3.33. The van der Waals surface area contributed by atoms with E-state index in [1.54, 1.807) is 0 Å². The summed E-state index contributed by atoms with van der Waals surface area (Å²) in [7, 11) is 2.17. The minimum Gasteiger partial charge on any atom is -0.306 e. The van der Waals surface area contributed by atoms with E-state index in [0.717, 1.165) is 0 Å². The van der Waals surface area contributed by atoms with Crippen molar-refractivity contribution in [3.63, 3.8) is 0 Å². The Labute approximate surface area is 68.6 Å². The van der Waals surface area contributed by atoms with E-state index in [1.165, 1.54) is 25.9 Å². The molecule has 1 aliphatic rings. The van der Waals surface area contributed by atoms with Crippen LogP contribution in [-0.4, -0.2) is 30.3 Å². The molecule has 0 spiro atoms. The van der Waals surface area contributed by atoms with Crippen molar-refractivity contribution >= 4 is 25.0 Å². The molecule has 56 valence electrons. The molecule has 0 unspecified atom stereocenters. The van der Waals surface area contributed by atoms with Gasteiger partial charge in [-0.25, -0.2) is 0 Å². The molecule has 0 N–H and O–H groups in total. The maximum atomic E-state index is 4.38. The van der Waals surface area contributed by atoms with E-state index in [1.807, 2.05) is 0 Å². The van der Waals surface area contributed by atoms with Gasteiger partial charge in [0.1, 0.15) is 0 Å². The highest BCUT2D eigenvalue weighted by Crippen LogP contribution is 2.12. The molecule has 0 bridgehead atoms. The lowest BCUT2D eigenvalue weighted by atomic mass is 10.1. The molecule has 9 heavy (non-hydrogen) atoms. The summed E-state index contributed by atoms with van der Waals surface area (Å²) in [5.74, 6) is 0. The number of hydrogen-bond acceptors (Lipinski definition) is 2. The van der Waals surface area contributed by atoms with Crippen LogP contribution in [-0.2, 0) is 0 Å². The molecule has 1 fully saturated rings. The van der Waals surface area contributed by atoms with Crippen LogP contribution in [0.2, 0.25) is 0 Å². The first-order valence-corrected chi connectivity index (χ1v) is 3.67. The zero-order valence-corrected chi connectivity index (χ0v) is 7.42. The van der Waals surface area contributed by atoms with Gasteiger partial charge >= 0.3 is 0 Å². The van der Waals surface area contributed by atoms with Gasteiger partial charge in [-0.15, -0.1) is 12.4 Å². The topological polar surface area (TPSA) is 3.24 Å². The molecule has 0 aromatic rings. The summed E-state index contributed by atoms with van der Waals surface area (Å²) < 4.78 is 0. The maximum absolute atomic E-state index is 4.38. The van der Waals surface area contributed by atoms with Gasteiger partial charge in [0.05, 0.1) is 0 Å². The van der Waals surface area contributed by atoms with Crippen LogP contribution in [0.3, 0.4) is 0 Å². The van der Waals surface area contributed by atoms with E-state index in [-0.39, 0.29) is 12.4 Å². The highest BCUT2D eigenvalue weighted by Gasteiger charge is 2.11. The van der Waals surface area contributed by atoms with E-state index < -0.39 is 0 Å². The Morgan fingerprint density at radius 1 is 1.33 bits per heavy atom. The largest absolute Gasteiger partial charge is 0.306 e. The predicted molar refractivity (Wildman–Crippen MR) is 46.8 cm³/mol. The molecule has 0 amide bonds. The van der Waals surface area contributed by atoms with Crippen LogP contribution in [0, 0.1) is 0 Å². The van der Waals surface area contributed by atoms with Crippen molar-refractivity contribution in [1.82, 2.24) is 4.90 Å². The third-order valence-corrected chi connectivity index (χ3v) is 2.20. The fourth-order valence-electron chi connectivity index (χ4n) is 0.995. The van der Waals surface area contributed by atoms with Crippen molar-refractivity contribution in [2.24, 2.45) is 0 Å². The fraction of sp³-hybridized carbons (Fsp3) is 1.00. The predicted octanol–water partition coefficient (Wildman–Crippen LogP) is 1.43. The smallest absolute Gasteiger partial charge is 0.00411 e. The third-order valence-electron chi connectivity index (χ3n) is 1.69. The summed E-state index contributed by atoms with van der Waals surface area (Å²) in [5.41, 5.74) is 0. The molecule has 0 aromatic carbocycles. The summed E-state index contributed by atoms with van der Waals surface area (Å²) in [4.78, 5) is 2.35. The van der Waals surface area contributed by atoms with Crippen molar-refractivity contribution in [3.8, 4) is 0 Å². The van der Waals surface area contributed by atoms with Crippen LogP contribution >= 0.6 is 25.0 Å². The minimum atomic E-state index is 0. The molecule has 1 aliphatic heterocycles. The Hall–Kier alpha value is 0.600. The van der Waals surface area contributed by atoms with E-state index in [0.29, 0.717) is 5.25 Å². The SMILES string of the molecule is CN1CCC(S)CC1.Cl. The van der Waals surface area contributed by atoms with E-state index in [4.69, 9.17) is 0 Å². The average molecular weight is 168 g/mol. The van der Waals surface area contributed by atoms with Crippen molar-refractivity contribution in [1.29, 1.82) is 0 Å². The average Bonchev–Trinajstić information content (AvgIpc) is 1.77. The van der Waals surface area contributed by atoms with Crippen molar-refractivity contribution in [2.45, 2.75) is 18.1 Å². The van der Waals surface area contributed by atoms with Gasteiger partial charge in [0.15, 0.2) is 0 Å². The quantitative estimate of drug-likeness (QED) is 0.535. The summed E-state index contributed by atoms with van der Waals surface area (Å²) in [6.45, 7) is 2.46. The highest BCUT2D eigenvalue weighted by molar-refractivity contribution is 7.80. The Morgan fingerprint density at radius 2 is 1.78 bits per heavy atom. The fourth-order valence-corrected chi connectivity index (χ4v) is 1.23. The van der Waals surface area contributed by atoms with Crippen molar-refractivity contribution < 1.29 is 0 Å². The van der Waals surface area contributed by atoms with Crippen LogP contribution < -0.4 is 0 Å². The molecular weight excluding hydrogens is 154 g/mol. The summed E-state index contributed by atoms with van der Waals surface area (Å²) in [5, 5.41) is 0.672. The Bertz CT molecular complexity index is 61.5. The molecule has 1 saturated heterocycles. The molecule has 1 nitrogen and oxygen atoms in total. The molecule has 0 aromatic heterocycles. The van der Waals surface area contributed by atoms with Gasteiger partial charge < -0.3 is 4.90 Å². The number of likely N-dealkylation sites (tertiary alicyclic amines) is 1. The van der Waals surface area contributed by atoms with Crippen LogP contribution in [0.5, 0.6) is 0 Å². The lowest BCUT2D eigenvalue weighted by molar-refractivity contribution is 0.282. The molecule has 1 rings (SSSR count). The van der Waals surface area contributed by atoms with Gasteiger partial charge in [0.25, 0.3) is 0 Å². The molecule has 1 heterocycles.